The van der Waals surface area contributed by atoms with E-state index in [0.29, 0.717) is 17.4 Å². The van der Waals surface area contributed by atoms with Gasteiger partial charge in [0.1, 0.15) is 17.2 Å². The first-order chi connectivity index (χ1) is 11.1. The number of fused-ring (bicyclic) bond motifs is 2. The topological polar surface area (TPSA) is 98.0 Å². The minimum Gasteiger partial charge on any atom is -0.508 e. The molecular weight excluding hydrogens is 308 g/mol. The van der Waals surface area contributed by atoms with Crippen LogP contribution in [0.4, 0.5) is 0 Å². The number of carbonyl (C=O) groups excluding carboxylic acids is 1. The van der Waals surface area contributed by atoms with E-state index in [2.05, 4.69) is 0 Å². The maximum Gasteiger partial charge on any atom is 0.172 e. The van der Waals surface area contributed by atoms with Gasteiger partial charge in [0.2, 0.25) is 0 Å². The van der Waals surface area contributed by atoms with Gasteiger partial charge in [-0.25, -0.2) is 0 Å². The van der Waals surface area contributed by atoms with Crippen LogP contribution in [0.3, 0.4) is 0 Å². The number of carbonyl (C=O) groups is 1. The lowest BCUT2D eigenvalue weighted by Gasteiger charge is -2.38. The fraction of sp³-hybridized carbons (Fsp3) is 0.421. The largest absolute Gasteiger partial charge is 0.508 e. The molecule has 0 spiro atoms. The predicted molar refractivity (Wildman–Crippen MR) is 90.5 cm³/mol. The second-order valence-electron chi connectivity index (χ2n) is 7.40. The van der Waals surface area contributed by atoms with Crippen LogP contribution < -0.4 is 0 Å². The van der Waals surface area contributed by atoms with Gasteiger partial charge in [-0.05, 0) is 42.3 Å². The van der Waals surface area contributed by atoms with E-state index in [1.54, 1.807) is 13.0 Å². The Balaban J connectivity index is 2.26. The molecule has 0 heterocycles. The Labute approximate surface area is 140 Å². The molecule has 5 nitrogen and oxygen atoms in total. The summed E-state index contributed by atoms with van der Waals surface area (Å²) in [5, 5.41) is 41.7. The predicted octanol–water partition coefficient (Wildman–Crippen LogP) is 3.11. The van der Waals surface area contributed by atoms with Gasteiger partial charge in [0.15, 0.2) is 5.78 Å². The molecule has 0 saturated carbocycles. The number of ketones is 1. The van der Waals surface area contributed by atoms with Gasteiger partial charge in [-0.3, -0.25) is 4.79 Å². The highest BCUT2D eigenvalue weighted by Gasteiger charge is 2.44. The van der Waals surface area contributed by atoms with Crippen molar-refractivity contribution in [1.29, 1.82) is 0 Å². The number of aromatic hydroxyl groups is 3. The molecule has 128 valence electrons. The van der Waals surface area contributed by atoms with E-state index in [9.17, 15) is 25.2 Å². The van der Waals surface area contributed by atoms with Crippen molar-refractivity contribution in [2.24, 2.45) is 11.8 Å². The molecule has 0 bridgehead atoms. The van der Waals surface area contributed by atoms with Gasteiger partial charge in [-0.2, -0.15) is 0 Å². The molecule has 0 saturated heterocycles. The van der Waals surface area contributed by atoms with Crippen LogP contribution in [-0.4, -0.2) is 31.8 Å². The maximum atomic E-state index is 13.0. The summed E-state index contributed by atoms with van der Waals surface area (Å²) in [6, 6.07) is 4.18. The summed E-state index contributed by atoms with van der Waals surface area (Å²) in [4.78, 5) is 13.0. The first-order valence-electron chi connectivity index (χ1n) is 8.09. The number of benzene rings is 2. The molecule has 0 aliphatic heterocycles. The van der Waals surface area contributed by atoms with Crippen LogP contribution in [0, 0.1) is 11.8 Å². The van der Waals surface area contributed by atoms with Gasteiger partial charge < -0.3 is 20.4 Å². The molecule has 2 aromatic rings. The molecule has 0 fully saturated rings. The average molecular weight is 330 g/mol. The molecule has 2 atom stereocenters. The van der Waals surface area contributed by atoms with Crippen LogP contribution in [0.2, 0.25) is 0 Å². The highest BCUT2D eigenvalue weighted by atomic mass is 16.3. The zero-order valence-electron chi connectivity index (χ0n) is 14.0. The van der Waals surface area contributed by atoms with Crippen LogP contribution in [-0.2, 0) is 6.42 Å². The summed E-state index contributed by atoms with van der Waals surface area (Å²) in [6.07, 6.45) is 0.746. The molecule has 0 aromatic heterocycles. The number of hydrogen-bond acceptors (Lipinski definition) is 5. The van der Waals surface area contributed by atoms with Crippen molar-refractivity contribution in [3.8, 4) is 17.2 Å². The van der Waals surface area contributed by atoms with E-state index in [1.807, 2.05) is 13.8 Å². The van der Waals surface area contributed by atoms with Crippen molar-refractivity contribution in [1.82, 2.24) is 0 Å². The van der Waals surface area contributed by atoms with E-state index in [4.69, 9.17) is 0 Å². The first-order valence-corrected chi connectivity index (χ1v) is 8.09. The first kappa shape index (κ1) is 16.6. The Hall–Kier alpha value is -2.27. The monoisotopic (exact) mass is 330 g/mol. The normalized spacial score (nSPS) is 23.7. The number of phenolic OH excluding ortho intramolecular Hbond substituents is 3. The third-order valence-electron chi connectivity index (χ3n) is 4.83. The fourth-order valence-electron chi connectivity index (χ4n) is 3.75. The molecular formula is C19H22O5. The van der Waals surface area contributed by atoms with Crippen molar-refractivity contribution >= 4 is 16.6 Å². The van der Waals surface area contributed by atoms with Crippen molar-refractivity contribution in [3.05, 3.63) is 29.3 Å². The maximum absolute atomic E-state index is 13.0. The Morgan fingerprint density at radius 1 is 1.21 bits per heavy atom. The van der Waals surface area contributed by atoms with E-state index in [-0.39, 0.29) is 46.3 Å². The van der Waals surface area contributed by atoms with Gasteiger partial charge in [0.25, 0.3) is 0 Å². The molecule has 0 radical (unpaired) electrons. The summed E-state index contributed by atoms with van der Waals surface area (Å²) < 4.78 is 0. The summed E-state index contributed by atoms with van der Waals surface area (Å²) in [5.74, 6) is -1.38. The fourth-order valence-corrected chi connectivity index (χ4v) is 3.75. The number of rotatable bonds is 2. The summed E-state index contributed by atoms with van der Waals surface area (Å²) in [7, 11) is 0. The van der Waals surface area contributed by atoms with Crippen LogP contribution in [0.1, 0.15) is 43.1 Å². The zero-order valence-corrected chi connectivity index (χ0v) is 14.0. The summed E-state index contributed by atoms with van der Waals surface area (Å²) >= 11 is 0. The number of aliphatic hydroxyl groups is 1. The van der Waals surface area contributed by atoms with Gasteiger partial charge in [0, 0.05) is 12.5 Å². The van der Waals surface area contributed by atoms with Crippen molar-refractivity contribution < 1.29 is 25.2 Å². The van der Waals surface area contributed by atoms with Crippen LogP contribution in [0.5, 0.6) is 17.2 Å². The molecule has 4 N–H and O–H groups in total. The highest BCUT2D eigenvalue weighted by molar-refractivity contribution is 6.10. The van der Waals surface area contributed by atoms with Crippen molar-refractivity contribution in [2.45, 2.75) is 39.2 Å². The second-order valence-corrected chi connectivity index (χ2v) is 7.40. The molecule has 0 amide bonds. The lowest BCUT2D eigenvalue weighted by Crippen LogP contribution is -2.46. The smallest absolute Gasteiger partial charge is 0.172 e. The van der Waals surface area contributed by atoms with Gasteiger partial charge in [-0.15, -0.1) is 0 Å². The molecule has 3 rings (SSSR count). The Bertz CT molecular complexity index is 836. The number of Topliss-reactive ketones (excluding diaryl/α,β-unsaturated/α-hetero) is 1. The van der Waals surface area contributed by atoms with Gasteiger partial charge in [-0.1, -0.05) is 13.8 Å². The Morgan fingerprint density at radius 2 is 1.88 bits per heavy atom. The van der Waals surface area contributed by atoms with Gasteiger partial charge >= 0.3 is 0 Å². The van der Waals surface area contributed by atoms with E-state index in [1.165, 1.54) is 6.07 Å². The minimum absolute atomic E-state index is 0.133. The lowest BCUT2D eigenvalue weighted by molar-refractivity contribution is -0.00669. The zero-order chi connectivity index (χ0) is 17.8. The minimum atomic E-state index is -1.20. The third-order valence-corrected chi connectivity index (χ3v) is 4.83. The van der Waals surface area contributed by atoms with Crippen LogP contribution in [0.15, 0.2) is 18.2 Å². The van der Waals surface area contributed by atoms with Gasteiger partial charge in [0.05, 0.1) is 22.5 Å². The molecule has 5 heteroatoms. The summed E-state index contributed by atoms with van der Waals surface area (Å²) in [6.45, 7) is 5.60. The average Bonchev–Trinajstić information content (AvgIpc) is 2.41. The van der Waals surface area contributed by atoms with Crippen molar-refractivity contribution in [2.75, 3.05) is 0 Å². The summed E-state index contributed by atoms with van der Waals surface area (Å²) in [5.41, 5.74) is -0.506. The third kappa shape index (κ3) is 2.49. The quantitative estimate of drug-likeness (QED) is 0.678. The highest BCUT2D eigenvalue weighted by Crippen LogP contribution is 2.46. The second kappa shape index (κ2) is 5.38. The molecule has 1 aliphatic rings. The molecule has 24 heavy (non-hydrogen) atoms. The van der Waals surface area contributed by atoms with E-state index in [0.717, 1.165) is 6.07 Å². The SMILES string of the molecule is CC(C)CC1C(=O)c2c(cc3cc(O)cc(O)c3c2O)CC1(C)O. The standard InChI is InChI=1S/C19H22O5/c1-9(2)4-13-17(22)16-11(8-19(13,3)24)5-10-6-12(20)7-14(21)15(10)18(16)23/h5-7,9,13,20-21,23-24H,4,8H2,1-3H3. The lowest BCUT2D eigenvalue weighted by atomic mass is 9.69. The molecule has 1 aliphatic carbocycles. The van der Waals surface area contributed by atoms with E-state index < -0.39 is 11.5 Å². The number of hydrogen-bond donors (Lipinski definition) is 4. The Morgan fingerprint density at radius 3 is 2.50 bits per heavy atom. The van der Waals surface area contributed by atoms with Crippen LogP contribution >= 0.6 is 0 Å². The molecule has 2 unspecified atom stereocenters. The van der Waals surface area contributed by atoms with E-state index >= 15 is 0 Å². The van der Waals surface area contributed by atoms with Crippen LogP contribution in [0.25, 0.3) is 10.8 Å². The molecule has 2 aromatic carbocycles. The van der Waals surface area contributed by atoms with Crippen molar-refractivity contribution in [3.63, 3.8) is 0 Å². The number of phenols is 3. The Kier molecular flexibility index (Phi) is 3.72.